The minimum absolute atomic E-state index is 0.193. The summed E-state index contributed by atoms with van der Waals surface area (Å²) < 4.78 is 25.0. The molecule has 27 heavy (non-hydrogen) atoms. The van der Waals surface area contributed by atoms with Crippen LogP contribution >= 0.6 is 0 Å². The van der Waals surface area contributed by atoms with E-state index < -0.39 is 0 Å². The van der Waals surface area contributed by atoms with Crippen molar-refractivity contribution in [1.29, 1.82) is 0 Å². The number of piperidine rings is 1. The lowest BCUT2D eigenvalue weighted by Crippen LogP contribution is -2.46. The van der Waals surface area contributed by atoms with Crippen LogP contribution in [0.5, 0.6) is 5.75 Å². The smallest absolute Gasteiger partial charge is 0.410 e. The van der Waals surface area contributed by atoms with Gasteiger partial charge in [-0.1, -0.05) is 0 Å². The van der Waals surface area contributed by atoms with Crippen molar-refractivity contribution in [1.82, 2.24) is 14.7 Å². The van der Waals surface area contributed by atoms with Crippen LogP contribution < -0.4 is 4.74 Å². The summed E-state index contributed by atoms with van der Waals surface area (Å²) in [6, 6.07) is 4.83. The third-order valence-corrected chi connectivity index (χ3v) is 5.49. The van der Waals surface area contributed by atoms with Crippen LogP contribution in [0, 0.1) is 5.82 Å². The summed E-state index contributed by atoms with van der Waals surface area (Å²) in [5, 5.41) is 0. The Morgan fingerprint density at radius 3 is 2.70 bits per heavy atom. The molecule has 1 spiro atoms. The van der Waals surface area contributed by atoms with Gasteiger partial charge < -0.3 is 19.3 Å². The molecule has 0 aromatic heterocycles. The minimum Gasteiger partial charge on any atom is -0.497 e. The molecule has 6 nitrogen and oxygen atoms in total. The van der Waals surface area contributed by atoms with E-state index in [0.29, 0.717) is 24.4 Å². The quantitative estimate of drug-likeness (QED) is 0.729. The number of hydrogen-bond acceptors (Lipinski definition) is 5. The van der Waals surface area contributed by atoms with E-state index in [1.165, 1.54) is 6.07 Å². The molecular formula is C20H30FN3O3. The maximum absolute atomic E-state index is 14.1. The molecule has 0 saturated carbocycles. The molecule has 2 fully saturated rings. The molecule has 0 atom stereocenters. The predicted molar refractivity (Wildman–Crippen MR) is 101 cm³/mol. The molecule has 0 N–H and O–H groups in total. The van der Waals surface area contributed by atoms with Gasteiger partial charge in [-0.15, -0.1) is 0 Å². The Morgan fingerprint density at radius 1 is 1.30 bits per heavy atom. The second-order valence-corrected chi connectivity index (χ2v) is 7.86. The lowest BCUT2D eigenvalue weighted by atomic mass is 9.91. The van der Waals surface area contributed by atoms with Crippen LogP contribution in [-0.2, 0) is 11.3 Å². The maximum Gasteiger partial charge on any atom is 0.410 e. The van der Waals surface area contributed by atoms with Gasteiger partial charge in [0.2, 0.25) is 0 Å². The molecule has 2 aliphatic heterocycles. The molecule has 0 aliphatic carbocycles. The molecule has 1 aromatic rings. The standard InChI is InChI=1S/C20H30FN3O3/c1-22(2)9-4-10-24-15-20(27-19(24)25)7-11-23(12-8-20)14-16-13-17(26-3)5-6-18(16)21/h5-6,13H,4,7-12,14-15H2,1-3H3. The van der Waals surface area contributed by atoms with E-state index in [-0.39, 0.29) is 17.5 Å². The Bertz CT molecular complexity index is 660. The van der Waals surface area contributed by atoms with Crippen LogP contribution in [-0.4, -0.2) is 80.3 Å². The van der Waals surface area contributed by atoms with Crippen molar-refractivity contribution < 1.29 is 18.7 Å². The van der Waals surface area contributed by atoms with Crippen molar-refractivity contribution in [3.63, 3.8) is 0 Å². The summed E-state index contributed by atoms with van der Waals surface area (Å²) in [7, 11) is 5.65. The molecule has 3 rings (SSSR count). The number of hydrogen-bond donors (Lipinski definition) is 0. The fourth-order valence-corrected chi connectivity index (χ4v) is 3.86. The molecular weight excluding hydrogens is 349 g/mol. The van der Waals surface area contributed by atoms with E-state index >= 15 is 0 Å². The van der Waals surface area contributed by atoms with Gasteiger partial charge in [-0.3, -0.25) is 4.90 Å². The van der Waals surface area contributed by atoms with Crippen molar-refractivity contribution >= 4 is 6.09 Å². The number of methoxy groups -OCH3 is 1. The van der Waals surface area contributed by atoms with Gasteiger partial charge in [-0.2, -0.15) is 0 Å². The molecule has 1 aromatic carbocycles. The van der Waals surface area contributed by atoms with E-state index in [9.17, 15) is 9.18 Å². The summed E-state index contributed by atoms with van der Waals surface area (Å²) in [5.41, 5.74) is 0.262. The largest absolute Gasteiger partial charge is 0.497 e. The van der Waals surface area contributed by atoms with Crippen LogP contribution in [0.1, 0.15) is 24.8 Å². The third-order valence-electron chi connectivity index (χ3n) is 5.49. The average molecular weight is 379 g/mol. The van der Waals surface area contributed by atoms with Crippen molar-refractivity contribution in [2.24, 2.45) is 0 Å². The Hall–Kier alpha value is -1.86. The summed E-state index contributed by atoms with van der Waals surface area (Å²) >= 11 is 0. The highest BCUT2D eigenvalue weighted by atomic mass is 19.1. The van der Waals surface area contributed by atoms with Gasteiger partial charge in [-0.05, 0) is 45.3 Å². The monoisotopic (exact) mass is 379 g/mol. The fraction of sp³-hybridized carbons (Fsp3) is 0.650. The first kappa shape index (κ1) is 19.9. The number of carbonyl (C=O) groups excluding carboxylic acids is 1. The number of amides is 1. The SMILES string of the molecule is COc1ccc(F)c(CN2CCC3(CC2)CN(CCCN(C)C)C(=O)O3)c1. The molecule has 2 heterocycles. The Balaban J connectivity index is 1.52. The number of halogens is 1. The Kier molecular flexibility index (Phi) is 6.22. The molecule has 0 unspecified atom stereocenters. The van der Waals surface area contributed by atoms with Gasteiger partial charge in [0, 0.05) is 44.6 Å². The lowest BCUT2D eigenvalue weighted by molar-refractivity contribution is -0.00144. The first-order valence-corrected chi connectivity index (χ1v) is 9.58. The van der Waals surface area contributed by atoms with E-state index in [4.69, 9.17) is 9.47 Å². The first-order valence-electron chi connectivity index (χ1n) is 9.58. The highest BCUT2D eigenvalue weighted by Crippen LogP contribution is 2.34. The van der Waals surface area contributed by atoms with E-state index in [0.717, 1.165) is 45.4 Å². The highest BCUT2D eigenvalue weighted by Gasteiger charge is 2.46. The number of ether oxygens (including phenoxy) is 2. The molecule has 1 amide bonds. The second kappa shape index (κ2) is 8.44. The molecule has 0 radical (unpaired) electrons. The summed E-state index contributed by atoms with van der Waals surface area (Å²) in [5.74, 6) is 0.452. The predicted octanol–water partition coefficient (Wildman–Crippen LogP) is 2.57. The topological polar surface area (TPSA) is 45.2 Å². The molecule has 2 saturated heterocycles. The van der Waals surface area contributed by atoms with Gasteiger partial charge in [0.05, 0.1) is 13.7 Å². The lowest BCUT2D eigenvalue weighted by Gasteiger charge is -2.37. The number of benzene rings is 1. The van der Waals surface area contributed by atoms with Crippen LogP contribution in [0.3, 0.4) is 0 Å². The Morgan fingerprint density at radius 2 is 2.04 bits per heavy atom. The van der Waals surface area contributed by atoms with Gasteiger partial charge in [0.1, 0.15) is 17.2 Å². The maximum atomic E-state index is 14.1. The van der Waals surface area contributed by atoms with E-state index in [1.54, 1.807) is 19.2 Å². The zero-order valence-electron chi connectivity index (χ0n) is 16.5. The highest BCUT2D eigenvalue weighted by molar-refractivity contribution is 5.70. The summed E-state index contributed by atoms with van der Waals surface area (Å²) in [6.45, 7) is 4.47. The van der Waals surface area contributed by atoms with Gasteiger partial charge >= 0.3 is 6.09 Å². The minimum atomic E-state index is -0.376. The van der Waals surface area contributed by atoms with Crippen molar-refractivity contribution in [3.8, 4) is 5.75 Å². The van der Waals surface area contributed by atoms with E-state index in [1.807, 2.05) is 19.0 Å². The van der Waals surface area contributed by atoms with E-state index in [2.05, 4.69) is 9.80 Å². The summed E-state index contributed by atoms with van der Waals surface area (Å²) in [4.78, 5) is 18.4. The third kappa shape index (κ3) is 4.90. The summed E-state index contributed by atoms with van der Waals surface area (Å²) in [6.07, 6.45) is 2.32. The number of likely N-dealkylation sites (tertiary alicyclic amines) is 1. The number of nitrogens with zero attached hydrogens (tertiary/aromatic N) is 3. The average Bonchev–Trinajstić information content (AvgIpc) is 2.94. The van der Waals surface area contributed by atoms with Crippen LogP contribution in [0.15, 0.2) is 18.2 Å². The van der Waals surface area contributed by atoms with Crippen LogP contribution in [0.2, 0.25) is 0 Å². The van der Waals surface area contributed by atoms with Crippen LogP contribution in [0.4, 0.5) is 9.18 Å². The Labute approximate surface area is 160 Å². The number of carbonyl (C=O) groups is 1. The first-order chi connectivity index (χ1) is 12.9. The normalized spacial score (nSPS) is 19.7. The molecule has 2 aliphatic rings. The van der Waals surface area contributed by atoms with Gasteiger partial charge in [-0.25, -0.2) is 9.18 Å². The zero-order valence-corrected chi connectivity index (χ0v) is 16.5. The fourth-order valence-electron chi connectivity index (χ4n) is 3.86. The van der Waals surface area contributed by atoms with Gasteiger partial charge in [0.15, 0.2) is 0 Å². The molecule has 7 heteroatoms. The van der Waals surface area contributed by atoms with Crippen LogP contribution in [0.25, 0.3) is 0 Å². The van der Waals surface area contributed by atoms with Crippen molar-refractivity contribution in [3.05, 3.63) is 29.6 Å². The van der Waals surface area contributed by atoms with Gasteiger partial charge in [0.25, 0.3) is 0 Å². The number of rotatable bonds is 7. The zero-order chi connectivity index (χ0) is 19.4. The molecule has 150 valence electrons. The molecule has 0 bridgehead atoms. The van der Waals surface area contributed by atoms with Crippen molar-refractivity contribution in [2.45, 2.75) is 31.4 Å². The second-order valence-electron chi connectivity index (χ2n) is 7.86. The van der Waals surface area contributed by atoms with Crippen molar-refractivity contribution in [2.75, 3.05) is 53.9 Å².